The second-order valence-corrected chi connectivity index (χ2v) is 5.60. The fourth-order valence-corrected chi connectivity index (χ4v) is 3.11. The van der Waals surface area contributed by atoms with Crippen molar-refractivity contribution < 1.29 is 4.74 Å². The van der Waals surface area contributed by atoms with Crippen LogP contribution >= 0.6 is 11.6 Å². The number of hydrogen-bond acceptors (Lipinski definition) is 3. The van der Waals surface area contributed by atoms with Crippen molar-refractivity contribution in [2.45, 2.75) is 26.1 Å². The molecule has 110 valence electrons. The minimum absolute atomic E-state index is 0.466. The number of fused-ring (bicyclic) bond motifs is 1. The lowest BCUT2D eigenvalue weighted by molar-refractivity contribution is 0.322. The van der Waals surface area contributed by atoms with Crippen LogP contribution in [0.15, 0.2) is 30.3 Å². The number of hydrogen-bond donors (Lipinski definition) is 0. The molecule has 0 amide bonds. The average Bonchev–Trinajstić information content (AvgIpc) is 2.68. The summed E-state index contributed by atoms with van der Waals surface area (Å²) in [7, 11) is 0. The van der Waals surface area contributed by atoms with E-state index in [-0.39, 0.29) is 0 Å². The molecule has 3 rings (SSSR count). The molecule has 3 nitrogen and oxygen atoms in total. The molecule has 1 aromatic heterocycles. The highest BCUT2D eigenvalue weighted by molar-refractivity contribution is 6.17. The normalized spacial score (nSPS) is 14.3. The SMILES string of the molecule is Cc1cc(C)c(CCl)c(N2CCCOc3ccccc32)n1. The Morgan fingerprint density at radius 2 is 2.10 bits per heavy atom. The van der Waals surface area contributed by atoms with Gasteiger partial charge in [-0.2, -0.15) is 0 Å². The summed E-state index contributed by atoms with van der Waals surface area (Å²) in [5.74, 6) is 2.34. The fraction of sp³-hybridized carbons (Fsp3) is 0.353. The van der Waals surface area contributed by atoms with Crippen LogP contribution in [0.5, 0.6) is 5.75 Å². The van der Waals surface area contributed by atoms with Crippen LogP contribution in [0.25, 0.3) is 0 Å². The Balaban J connectivity index is 2.16. The molecule has 2 heterocycles. The number of benzene rings is 1. The quantitative estimate of drug-likeness (QED) is 0.771. The number of aryl methyl sites for hydroxylation is 2. The molecule has 2 aromatic rings. The summed E-state index contributed by atoms with van der Waals surface area (Å²) in [6, 6.07) is 10.2. The maximum atomic E-state index is 6.18. The number of anilines is 2. The lowest BCUT2D eigenvalue weighted by atomic mass is 10.1. The van der Waals surface area contributed by atoms with Crippen LogP contribution in [-0.4, -0.2) is 18.1 Å². The van der Waals surface area contributed by atoms with E-state index in [2.05, 4.69) is 24.0 Å². The molecule has 1 aliphatic heterocycles. The molecule has 0 aliphatic carbocycles. The van der Waals surface area contributed by atoms with Gasteiger partial charge in [-0.15, -0.1) is 11.6 Å². The molecule has 0 unspecified atom stereocenters. The van der Waals surface area contributed by atoms with Gasteiger partial charge in [-0.25, -0.2) is 4.98 Å². The van der Waals surface area contributed by atoms with E-state index in [1.54, 1.807) is 0 Å². The molecule has 1 aromatic carbocycles. The van der Waals surface area contributed by atoms with Crippen LogP contribution in [0, 0.1) is 13.8 Å². The first-order valence-electron chi connectivity index (χ1n) is 7.23. The van der Waals surface area contributed by atoms with Crippen molar-refractivity contribution >= 4 is 23.1 Å². The largest absolute Gasteiger partial charge is 0.491 e. The summed E-state index contributed by atoms with van der Waals surface area (Å²) in [4.78, 5) is 6.99. The van der Waals surface area contributed by atoms with Gasteiger partial charge in [0.05, 0.1) is 18.2 Å². The zero-order chi connectivity index (χ0) is 14.8. The zero-order valence-corrected chi connectivity index (χ0v) is 13.2. The van der Waals surface area contributed by atoms with Crippen LogP contribution in [0.4, 0.5) is 11.5 Å². The first kappa shape index (κ1) is 14.2. The van der Waals surface area contributed by atoms with Crippen LogP contribution in [0.1, 0.15) is 23.2 Å². The predicted octanol–water partition coefficient (Wildman–Crippen LogP) is 4.36. The van der Waals surface area contributed by atoms with E-state index in [1.807, 2.05) is 25.1 Å². The first-order valence-corrected chi connectivity index (χ1v) is 7.76. The van der Waals surface area contributed by atoms with Crippen LogP contribution in [0.3, 0.4) is 0 Å². The highest BCUT2D eigenvalue weighted by Gasteiger charge is 2.21. The standard InChI is InChI=1S/C17H19ClN2O/c1-12-10-13(2)19-17(14(12)11-18)20-8-5-9-21-16-7-4-3-6-15(16)20/h3-4,6-7,10H,5,8-9,11H2,1-2H3. The summed E-state index contributed by atoms with van der Waals surface area (Å²) >= 11 is 6.18. The monoisotopic (exact) mass is 302 g/mol. The predicted molar refractivity (Wildman–Crippen MR) is 86.8 cm³/mol. The Morgan fingerprint density at radius 3 is 2.90 bits per heavy atom. The van der Waals surface area contributed by atoms with Crippen LogP contribution < -0.4 is 9.64 Å². The molecule has 0 radical (unpaired) electrons. The Morgan fingerprint density at radius 1 is 1.29 bits per heavy atom. The van der Waals surface area contributed by atoms with Gasteiger partial charge in [0.25, 0.3) is 0 Å². The van der Waals surface area contributed by atoms with Crippen molar-refractivity contribution in [1.29, 1.82) is 0 Å². The third-order valence-corrected chi connectivity index (χ3v) is 4.05. The minimum Gasteiger partial charge on any atom is -0.491 e. The first-order chi connectivity index (χ1) is 10.2. The van der Waals surface area contributed by atoms with Gasteiger partial charge in [-0.05, 0) is 44.0 Å². The average molecular weight is 303 g/mol. The fourth-order valence-electron chi connectivity index (χ4n) is 2.78. The molecule has 0 saturated carbocycles. The molecule has 21 heavy (non-hydrogen) atoms. The number of alkyl halides is 1. The van der Waals surface area contributed by atoms with Gasteiger partial charge in [0.15, 0.2) is 0 Å². The molecule has 0 atom stereocenters. The molecule has 1 aliphatic rings. The lowest BCUT2D eigenvalue weighted by Gasteiger charge is -2.26. The number of rotatable bonds is 2. The number of ether oxygens (including phenoxy) is 1. The van der Waals surface area contributed by atoms with E-state index in [4.69, 9.17) is 21.3 Å². The summed E-state index contributed by atoms with van der Waals surface area (Å²) in [6.07, 6.45) is 0.963. The minimum atomic E-state index is 0.466. The van der Waals surface area contributed by atoms with E-state index in [0.717, 1.165) is 48.1 Å². The third kappa shape index (κ3) is 2.70. The topological polar surface area (TPSA) is 25.4 Å². The van der Waals surface area contributed by atoms with E-state index in [9.17, 15) is 0 Å². The smallest absolute Gasteiger partial charge is 0.142 e. The maximum absolute atomic E-state index is 6.18. The summed E-state index contributed by atoms with van der Waals surface area (Å²) in [5.41, 5.74) is 4.37. The van der Waals surface area contributed by atoms with E-state index < -0.39 is 0 Å². The lowest BCUT2D eigenvalue weighted by Crippen LogP contribution is -2.21. The van der Waals surface area contributed by atoms with Crippen molar-refractivity contribution in [3.8, 4) is 5.75 Å². The van der Waals surface area contributed by atoms with Crippen LogP contribution in [0.2, 0.25) is 0 Å². The second kappa shape index (κ2) is 5.94. The number of pyridine rings is 1. The van der Waals surface area contributed by atoms with Gasteiger partial charge in [0.1, 0.15) is 11.6 Å². The molecule has 0 bridgehead atoms. The van der Waals surface area contributed by atoms with Gasteiger partial charge in [0.2, 0.25) is 0 Å². The Kier molecular flexibility index (Phi) is 4.02. The van der Waals surface area contributed by atoms with Crippen molar-refractivity contribution in [2.75, 3.05) is 18.1 Å². The molecular weight excluding hydrogens is 284 g/mol. The summed E-state index contributed by atoms with van der Waals surface area (Å²) < 4.78 is 5.83. The van der Waals surface area contributed by atoms with Gasteiger partial charge in [-0.3, -0.25) is 0 Å². The van der Waals surface area contributed by atoms with Gasteiger partial charge < -0.3 is 9.64 Å². The number of halogens is 1. The molecule has 0 spiro atoms. The molecule has 0 fully saturated rings. The van der Waals surface area contributed by atoms with Gasteiger partial charge in [-0.1, -0.05) is 12.1 Å². The highest BCUT2D eigenvalue weighted by atomic mass is 35.5. The Bertz CT molecular complexity index is 657. The third-order valence-electron chi connectivity index (χ3n) is 3.78. The van der Waals surface area contributed by atoms with E-state index in [1.165, 1.54) is 5.56 Å². The van der Waals surface area contributed by atoms with E-state index in [0.29, 0.717) is 5.88 Å². The number of para-hydroxylation sites is 2. The number of aromatic nitrogens is 1. The van der Waals surface area contributed by atoms with Crippen molar-refractivity contribution in [2.24, 2.45) is 0 Å². The molecule has 0 N–H and O–H groups in total. The second-order valence-electron chi connectivity index (χ2n) is 5.34. The molecule has 4 heteroatoms. The maximum Gasteiger partial charge on any atom is 0.142 e. The zero-order valence-electron chi connectivity index (χ0n) is 12.4. The molecule has 0 saturated heterocycles. The van der Waals surface area contributed by atoms with Crippen LogP contribution in [-0.2, 0) is 5.88 Å². The van der Waals surface area contributed by atoms with Gasteiger partial charge >= 0.3 is 0 Å². The summed E-state index contributed by atoms with van der Waals surface area (Å²) in [6.45, 7) is 5.73. The van der Waals surface area contributed by atoms with Crippen molar-refractivity contribution in [3.05, 3.63) is 47.2 Å². The molecular formula is C17H19ClN2O. The van der Waals surface area contributed by atoms with E-state index >= 15 is 0 Å². The number of nitrogens with zero attached hydrogens (tertiary/aromatic N) is 2. The highest BCUT2D eigenvalue weighted by Crippen LogP contribution is 2.37. The Labute approximate surface area is 130 Å². The van der Waals surface area contributed by atoms with Crippen molar-refractivity contribution in [1.82, 2.24) is 4.98 Å². The van der Waals surface area contributed by atoms with Gasteiger partial charge in [0, 0.05) is 17.8 Å². The Hall–Kier alpha value is -1.74. The summed E-state index contributed by atoms with van der Waals surface area (Å²) in [5, 5.41) is 0. The van der Waals surface area contributed by atoms with Crippen molar-refractivity contribution in [3.63, 3.8) is 0 Å².